The highest BCUT2D eigenvalue weighted by Crippen LogP contribution is 2.44. The zero-order valence-corrected chi connectivity index (χ0v) is 18.1. The lowest BCUT2D eigenvalue weighted by molar-refractivity contribution is -0.141. The third kappa shape index (κ3) is 3.97. The van der Waals surface area contributed by atoms with Gasteiger partial charge in [-0.15, -0.1) is 0 Å². The molecule has 2 aliphatic rings. The first-order valence-electron chi connectivity index (χ1n) is 11.2. The van der Waals surface area contributed by atoms with Crippen LogP contribution in [0.25, 0.3) is 5.76 Å². The van der Waals surface area contributed by atoms with E-state index in [1.807, 2.05) is 55.5 Å². The van der Waals surface area contributed by atoms with Gasteiger partial charge >= 0.3 is 0 Å². The molecule has 4 rings (SSSR count). The smallest absolute Gasteiger partial charge is 0.295 e. The number of rotatable bonds is 6. The first-order chi connectivity index (χ1) is 15.0. The Hall–Kier alpha value is -3.08. The van der Waals surface area contributed by atoms with Crippen LogP contribution in [0.4, 0.5) is 0 Å². The van der Waals surface area contributed by atoms with Gasteiger partial charge in [0, 0.05) is 11.6 Å². The number of benzene rings is 2. The van der Waals surface area contributed by atoms with E-state index in [1.54, 1.807) is 4.90 Å². The summed E-state index contributed by atoms with van der Waals surface area (Å²) in [7, 11) is 0. The molecule has 1 amide bonds. The molecule has 31 heavy (non-hydrogen) atoms. The number of likely N-dealkylation sites (tertiary alicyclic amines) is 1. The van der Waals surface area contributed by atoms with Crippen LogP contribution in [0.1, 0.15) is 62.3 Å². The van der Waals surface area contributed by atoms with Crippen LogP contribution in [-0.2, 0) is 16.0 Å². The van der Waals surface area contributed by atoms with E-state index in [0.717, 1.165) is 43.2 Å². The Labute approximate surface area is 183 Å². The number of nitrogens with zero attached hydrogens (tertiary/aromatic N) is 1. The van der Waals surface area contributed by atoms with Gasteiger partial charge in [0.15, 0.2) is 0 Å². The fraction of sp³-hybridized carbons (Fsp3) is 0.385. The van der Waals surface area contributed by atoms with Crippen LogP contribution in [0.3, 0.4) is 0 Å². The molecule has 0 bridgehead atoms. The van der Waals surface area contributed by atoms with E-state index in [9.17, 15) is 14.7 Å². The molecule has 0 aromatic heterocycles. The maximum atomic E-state index is 13.2. The van der Waals surface area contributed by atoms with Crippen molar-refractivity contribution in [1.82, 2.24) is 4.90 Å². The van der Waals surface area contributed by atoms with Gasteiger partial charge < -0.3 is 14.7 Å². The van der Waals surface area contributed by atoms with Gasteiger partial charge in [0.1, 0.15) is 11.5 Å². The summed E-state index contributed by atoms with van der Waals surface area (Å²) in [5, 5.41) is 11.2. The summed E-state index contributed by atoms with van der Waals surface area (Å²) < 4.78 is 5.66. The van der Waals surface area contributed by atoms with Crippen molar-refractivity contribution in [3.05, 3.63) is 70.8 Å². The third-order valence-corrected chi connectivity index (χ3v) is 6.32. The van der Waals surface area contributed by atoms with Gasteiger partial charge in [0.25, 0.3) is 11.7 Å². The van der Waals surface area contributed by atoms with E-state index in [2.05, 4.69) is 6.92 Å². The number of Topliss-reactive ketones (excluding diaryl/α,β-unsaturated/α-hetero) is 1. The number of aliphatic hydroxyl groups excluding tert-OH is 1. The summed E-state index contributed by atoms with van der Waals surface area (Å²) in [6, 6.07) is 14.4. The van der Waals surface area contributed by atoms with Crippen molar-refractivity contribution >= 4 is 17.4 Å². The van der Waals surface area contributed by atoms with E-state index in [4.69, 9.17) is 4.74 Å². The van der Waals surface area contributed by atoms with Crippen LogP contribution < -0.4 is 4.74 Å². The molecule has 5 heteroatoms. The van der Waals surface area contributed by atoms with Gasteiger partial charge in [0.2, 0.25) is 0 Å². The van der Waals surface area contributed by atoms with Crippen LogP contribution in [-0.4, -0.2) is 34.3 Å². The molecule has 1 heterocycles. The number of aliphatic hydroxyl groups is 1. The number of aryl methyl sites for hydroxylation is 1. The van der Waals surface area contributed by atoms with E-state index in [1.165, 1.54) is 0 Å². The van der Waals surface area contributed by atoms with Crippen molar-refractivity contribution in [2.45, 2.75) is 58.0 Å². The van der Waals surface area contributed by atoms with Crippen molar-refractivity contribution < 1.29 is 19.4 Å². The third-order valence-electron chi connectivity index (χ3n) is 6.32. The minimum absolute atomic E-state index is 0.00460. The standard InChI is InChI=1S/C26H29NO4/c1-3-17-12-14-18(15-13-17)24(28)22-23(19-8-7-11-21(16-19)31-4-2)27(26(30)25(22)29)20-9-5-6-10-20/h7-8,11-16,20,23,28H,3-6,9-10H2,1-2H3/b24-22-. The van der Waals surface area contributed by atoms with E-state index in [-0.39, 0.29) is 17.4 Å². The summed E-state index contributed by atoms with van der Waals surface area (Å²) in [5.74, 6) is -0.571. The predicted molar refractivity (Wildman–Crippen MR) is 120 cm³/mol. The SMILES string of the molecule is CCOc1cccc(C2/C(=C(/O)c3ccc(CC)cc3)C(=O)C(=O)N2C2CCCC2)c1. The Balaban J connectivity index is 1.85. The molecule has 1 atom stereocenters. The summed E-state index contributed by atoms with van der Waals surface area (Å²) >= 11 is 0. The average molecular weight is 420 g/mol. The van der Waals surface area contributed by atoms with Crippen molar-refractivity contribution in [2.75, 3.05) is 6.61 Å². The fourth-order valence-electron chi connectivity index (χ4n) is 4.73. The zero-order chi connectivity index (χ0) is 22.0. The Morgan fingerprint density at radius 3 is 2.42 bits per heavy atom. The number of carbonyl (C=O) groups is 2. The van der Waals surface area contributed by atoms with Gasteiger partial charge in [-0.2, -0.15) is 0 Å². The van der Waals surface area contributed by atoms with E-state index in [0.29, 0.717) is 17.9 Å². The zero-order valence-electron chi connectivity index (χ0n) is 18.1. The van der Waals surface area contributed by atoms with E-state index >= 15 is 0 Å². The van der Waals surface area contributed by atoms with Crippen molar-refractivity contribution in [2.24, 2.45) is 0 Å². The number of hydrogen-bond donors (Lipinski definition) is 1. The molecule has 5 nitrogen and oxygen atoms in total. The second kappa shape index (κ2) is 8.96. The lowest BCUT2D eigenvalue weighted by atomic mass is 9.94. The number of amides is 1. The summed E-state index contributed by atoms with van der Waals surface area (Å²) in [5.41, 5.74) is 2.63. The van der Waals surface area contributed by atoms with Gasteiger partial charge in [-0.3, -0.25) is 9.59 Å². The fourth-order valence-corrected chi connectivity index (χ4v) is 4.73. The van der Waals surface area contributed by atoms with Crippen molar-refractivity contribution in [3.8, 4) is 5.75 Å². The lowest BCUT2D eigenvalue weighted by Gasteiger charge is -2.31. The number of carbonyl (C=O) groups excluding carboxylic acids is 2. The van der Waals surface area contributed by atoms with Gasteiger partial charge in [-0.1, -0.05) is 56.2 Å². The molecule has 1 aliphatic heterocycles. The minimum atomic E-state index is -0.616. The van der Waals surface area contributed by atoms with Crippen LogP contribution in [0.5, 0.6) is 5.75 Å². The molecule has 0 spiro atoms. The summed E-state index contributed by atoms with van der Waals surface area (Å²) in [6.07, 6.45) is 4.72. The Morgan fingerprint density at radius 2 is 1.77 bits per heavy atom. The second-order valence-electron chi connectivity index (χ2n) is 8.20. The van der Waals surface area contributed by atoms with Crippen LogP contribution in [0.15, 0.2) is 54.1 Å². The van der Waals surface area contributed by atoms with Crippen LogP contribution in [0.2, 0.25) is 0 Å². The Kier molecular flexibility index (Phi) is 6.12. The molecule has 1 saturated carbocycles. The first kappa shape index (κ1) is 21.2. The monoisotopic (exact) mass is 419 g/mol. The van der Waals surface area contributed by atoms with Crippen molar-refractivity contribution in [3.63, 3.8) is 0 Å². The Bertz CT molecular complexity index is 1000. The molecule has 0 radical (unpaired) electrons. The highest BCUT2D eigenvalue weighted by molar-refractivity contribution is 6.46. The predicted octanol–water partition coefficient (Wildman–Crippen LogP) is 5.01. The van der Waals surface area contributed by atoms with Crippen molar-refractivity contribution in [1.29, 1.82) is 0 Å². The van der Waals surface area contributed by atoms with Crippen LogP contribution in [0, 0.1) is 0 Å². The maximum absolute atomic E-state index is 13.2. The molecule has 1 saturated heterocycles. The topological polar surface area (TPSA) is 66.8 Å². The number of ketones is 1. The van der Waals surface area contributed by atoms with E-state index < -0.39 is 17.7 Å². The van der Waals surface area contributed by atoms with Gasteiger partial charge in [-0.05, 0) is 49.4 Å². The molecule has 1 unspecified atom stereocenters. The highest BCUT2D eigenvalue weighted by Gasteiger charge is 2.49. The normalized spacial score (nSPS) is 21.1. The summed E-state index contributed by atoms with van der Waals surface area (Å²) in [4.78, 5) is 28.0. The molecular formula is C26H29NO4. The largest absolute Gasteiger partial charge is 0.507 e. The first-order valence-corrected chi connectivity index (χ1v) is 11.2. The molecule has 162 valence electrons. The Morgan fingerprint density at radius 1 is 1.06 bits per heavy atom. The number of ether oxygens (including phenoxy) is 1. The molecule has 2 aromatic rings. The quantitative estimate of drug-likeness (QED) is 0.406. The number of hydrogen-bond acceptors (Lipinski definition) is 4. The highest BCUT2D eigenvalue weighted by atomic mass is 16.5. The molecular weight excluding hydrogens is 390 g/mol. The maximum Gasteiger partial charge on any atom is 0.295 e. The van der Waals surface area contributed by atoms with Gasteiger partial charge in [-0.25, -0.2) is 0 Å². The second-order valence-corrected chi connectivity index (χ2v) is 8.20. The molecule has 1 aliphatic carbocycles. The average Bonchev–Trinajstić information content (AvgIpc) is 3.41. The molecule has 1 N–H and O–H groups in total. The summed E-state index contributed by atoms with van der Waals surface area (Å²) in [6.45, 7) is 4.50. The molecule has 2 aromatic carbocycles. The lowest BCUT2D eigenvalue weighted by Crippen LogP contribution is -2.37. The minimum Gasteiger partial charge on any atom is -0.507 e. The van der Waals surface area contributed by atoms with Gasteiger partial charge in [0.05, 0.1) is 18.2 Å². The molecule has 2 fully saturated rings. The van der Waals surface area contributed by atoms with Crippen LogP contribution >= 0.6 is 0 Å².